The van der Waals surface area contributed by atoms with E-state index < -0.39 is 15.6 Å². The van der Waals surface area contributed by atoms with Gasteiger partial charge in [-0.05, 0) is 12.0 Å². The molecule has 3 N–H and O–H groups in total. The maximum atomic E-state index is 10.8. The molecular weight excluding hydrogens is 234 g/mol. The number of allylic oxidation sites excluding steroid dienone is 1. The number of phosphoric acid groups is 2. The summed E-state index contributed by atoms with van der Waals surface area (Å²) in [5.41, 5.74) is 0. The summed E-state index contributed by atoms with van der Waals surface area (Å²) >= 11 is 0. The van der Waals surface area contributed by atoms with Crippen molar-refractivity contribution in [2.45, 2.75) is 13.8 Å². The summed E-state index contributed by atoms with van der Waals surface area (Å²) in [5.74, 6) is 0.0741. The average molecular weight is 246 g/mol. The minimum absolute atomic E-state index is 0.0741. The Kier molecular flexibility index (Phi) is 5.01. The van der Waals surface area contributed by atoms with Crippen LogP contribution < -0.4 is 0 Å². The minimum Gasteiger partial charge on any atom is -0.412 e. The molecular formula is C5H12O7P2. The molecule has 0 spiro atoms. The molecule has 14 heavy (non-hydrogen) atoms. The minimum atomic E-state index is -5.02. The van der Waals surface area contributed by atoms with Crippen LogP contribution in [0.4, 0.5) is 0 Å². The highest BCUT2D eigenvalue weighted by Gasteiger charge is 2.32. The zero-order valence-electron chi connectivity index (χ0n) is 7.60. The van der Waals surface area contributed by atoms with E-state index in [1.165, 1.54) is 6.08 Å². The third kappa shape index (κ3) is 8.44. The molecule has 1 atom stereocenters. The second-order valence-corrected chi connectivity index (χ2v) is 5.50. The Balaban J connectivity index is 4.23. The van der Waals surface area contributed by atoms with Crippen LogP contribution in [0.5, 0.6) is 0 Å². The molecule has 84 valence electrons. The SMILES string of the molecule is CC(C)/C=C/OP(=O)(O)OP(=O)(O)O. The molecule has 0 amide bonds. The topological polar surface area (TPSA) is 113 Å². The van der Waals surface area contributed by atoms with Crippen molar-refractivity contribution in [2.75, 3.05) is 0 Å². The Labute approximate surface area is 81.2 Å². The van der Waals surface area contributed by atoms with Crippen LogP contribution in [0.15, 0.2) is 12.3 Å². The Hall–Kier alpha value is -0.160. The van der Waals surface area contributed by atoms with Crippen molar-refractivity contribution >= 4 is 15.6 Å². The van der Waals surface area contributed by atoms with Crippen molar-refractivity contribution in [2.24, 2.45) is 5.92 Å². The van der Waals surface area contributed by atoms with Gasteiger partial charge >= 0.3 is 15.6 Å². The second-order valence-electron chi connectivity index (χ2n) is 2.72. The molecule has 0 aromatic heterocycles. The smallest absolute Gasteiger partial charge is 0.412 e. The van der Waals surface area contributed by atoms with E-state index in [1.54, 1.807) is 13.8 Å². The highest BCUT2D eigenvalue weighted by Crippen LogP contribution is 2.57. The van der Waals surface area contributed by atoms with Crippen molar-refractivity contribution in [3.63, 3.8) is 0 Å². The van der Waals surface area contributed by atoms with Gasteiger partial charge in [-0.1, -0.05) is 13.8 Å². The first-order valence-electron chi connectivity index (χ1n) is 3.57. The molecule has 0 bridgehead atoms. The molecule has 0 aliphatic rings. The zero-order valence-corrected chi connectivity index (χ0v) is 9.39. The van der Waals surface area contributed by atoms with Crippen LogP contribution in [-0.2, 0) is 18.0 Å². The average Bonchev–Trinajstić information content (AvgIpc) is 1.78. The van der Waals surface area contributed by atoms with Crippen LogP contribution in [-0.4, -0.2) is 14.7 Å². The van der Waals surface area contributed by atoms with Gasteiger partial charge in [0.05, 0.1) is 6.26 Å². The molecule has 7 nitrogen and oxygen atoms in total. The highest BCUT2D eigenvalue weighted by atomic mass is 31.3. The summed E-state index contributed by atoms with van der Waals surface area (Å²) in [6.07, 6.45) is 2.28. The van der Waals surface area contributed by atoms with Crippen LogP contribution in [0.1, 0.15) is 13.8 Å². The van der Waals surface area contributed by atoms with Gasteiger partial charge in [-0.2, -0.15) is 4.31 Å². The highest BCUT2D eigenvalue weighted by molar-refractivity contribution is 7.60. The van der Waals surface area contributed by atoms with Gasteiger partial charge in [-0.3, -0.25) is 4.89 Å². The molecule has 0 rings (SSSR count). The number of phosphoric ester groups is 1. The van der Waals surface area contributed by atoms with E-state index in [0.717, 1.165) is 6.26 Å². The predicted octanol–water partition coefficient (Wildman–Crippen LogP) is 1.38. The first-order valence-corrected chi connectivity index (χ1v) is 6.60. The van der Waals surface area contributed by atoms with E-state index in [4.69, 9.17) is 14.7 Å². The lowest BCUT2D eigenvalue weighted by Gasteiger charge is -2.10. The molecule has 0 saturated carbocycles. The second kappa shape index (κ2) is 5.07. The van der Waals surface area contributed by atoms with Crippen LogP contribution in [0.2, 0.25) is 0 Å². The normalized spacial score (nSPS) is 17.3. The van der Waals surface area contributed by atoms with Gasteiger partial charge in [-0.15, -0.1) is 0 Å². The maximum absolute atomic E-state index is 10.8. The van der Waals surface area contributed by atoms with Crippen LogP contribution in [0, 0.1) is 5.92 Å². The Morgan fingerprint density at radius 2 is 1.71 bits per heavy atom. The molecule has 1 unspecified atom stereocenters. The van der Waals surface area contributed by atoms with Gasteiger partial charge < -0.3 is 14.3 Å². The van der Waals surface area contributed by atoms with Crippen LogP contribution in [0.25, 0.3) is 0 Å². The lowest BCUT2D eigenvalue weighted by molar-refractivity contribution is 0.216. The van der Waals surface area contributed by atoms with Gasteiger partial charge in [0.15, 0.2) is 0 Å². The van der Waals surface area contributed by atoms with Gasteiger partial charge in [0, 0.05) is 0 Å². The predicted molar refractivity (Wildman–Crippen MR) is 48.0 cm³/mol. The third-order valence-electron chi connectivity index (χ3n) is 0.867. The third-order valence-corrected chi connectivity index (χ3v) is 2.93. The van der Waals surface area contributed by atoms with E-state index >= 15 is 0 Å². The fraction of sp³-hybridized carbons (Fsp3) is 0.600. The first-order chi connectivity index (χ1) is 6.12. The van der Waals surface area contributed by atoms with Crippen LogP contribution >= 0.6 is 15.6 Å². The lowest BCUT2D eigenvalue weighted by Crippen LogP contribution is -1.89. The molecule has 9 heteroatoms. The van der Waals surface area contributed by atoms with Crippen molar-refractivity contribution in [3.8, 4) is 0 Å². The Morgan fingerprint density at radius 3 is 2.07 bits per heavy atom. The number of hydrogen-bond donors (Lipinski definition) is 3. The van der Waals surface area contributed by atoms with Gasteiger partial charge in [0.1, 0.15) is 0 Å². The van der Waals surface area contributed by atoms with Crippen molar-refractivity contribution in [3.05, 3.63) is 12.3 Å². The maximum Gasteiger partial charge on any atom is 0.535 e. The lowest BCUT2D eigenvalue weighted by atomic mass is 10.2. The molecule has 0 aliphatic heterocycles. The van der Waals surface area contributed by atoms with Crippen molar-refractivity contribution in [1.82, 2.24) is 0 Å². The molecule has 0 saturated heterocycles. The molecule has 0 aliphatic carbocycles. The van der Waals surface area contributed by atoms with Crippen molar-refractivity contribution in [1.29, 1.82) is 0 Å². The van der Waals surface area contributed by atoms with Gasteiger partial charge in [0.25, 0.3) is 0 Å². The summed E-state index contributed by atoms with van der Waals surface area (Å²) in [6.45, 7) is 3.57. The van der Waals surface area contributed by atoms with E-state index in [-0.39, 0.29) is 5.92 Å². The standard InChI is InChI=1S/C5H12O7P2/c1-5(2)3-4-11-14(9,10)12-13(6,7)8/h3-5H,1-2H3,(H,9,10)(H2,6,7,8)/b4-3+. The fourth-order valence-electron chi connectivity index (χ4n) is 0.423. The summed E-state index contributed by atoms with van der Waals surface area (Å²) < 4.78 is 28.6. The number of hydrogen-bond acceptors (Lipinski definition) is 4. The van der Waals surface area contributed by atoms with Gasteiger partial charge in [-0.25, -0.2) is 9.13 Å². The summed E-state index contributed by atoms with van der Waals surface area (Å²) in [6, 6.07) is 0. The molecule has 0 radical (unpaired) electrons. The Bertz CT molecular complexity index is 290. The molecule has 0 aromatic carbocycles. The summed E-state index contributed by atoms with van der Waals surface area (Å²) in [4.78, 5) is 25.2. The number of rotatable bonds is 5. The monoisotopic (exact) mass is 246 g/mol. The summed E-state index contributed by atoms with van der Waals surface area (Å²) in [5, 5.41) is 0. The van der Waals surface area contributed by atoms with E-state index in [2.05, 4.69) is 8.83 Å². The first kappa shape index (κ1) is 13.8. The molecule has 0 heterocycles. The molecule has 0 aromatic rings. The van der Waals surface area contributed by atoms with E-state index in [1.807, 2.05) is 0 Å². The van der Waals surface area contributed by atoms with E-state index in [9.17, 15) is 9.13 Å². The summed E-state index contributed by atoms with van der Waals surface area (Å²) in [7, 11) is -9.74. The van der Waals surface area contributed by atoms with Gasteiger partial charge in [0.2, 0.25) is 0 Å². The zero-order chi connectivity index (χ0) is 11.4. The largest absolute Gasteiger partial charge is 0.535 e. The van der Waals surface area contributed by atoms with E-state index in [0.29, 0.717) is 0 Å². The van der Waals surface area contributed by atoms with Crippen molar-refractivity contribution < 1.29 is 32.6 Å². The quantitative estimate of drug-likeness (QED) is 0.496. The molecule has 0 fully saturated rings. The fourth-order valence-corrected chi connectivity index (χ4v) is 1.88. The Morgan fingerprint density at radius 1 is 1.21 bits per heavy atom. The van der Waals surface area contributed by atoms with Crippen LogP contribution in [0.3, 0.4) is 0 Å².